The molecule has 0 bridgehead atoms. The quantitative estimate of drug-likeness (QED) is 0.863. The lowest BCUT2D eigenvalue weighted by molar-refractivity contribution is -0.136. The molecule has 0 saturated carbocycles. The first-order valence-electron chi connectivity index (χ1n) is 8.94. The minimum Gasteiger partial charge on any atom is -0.391 e. The van der Waals surface area contributed by atoms with E-state index in [1.807, 2.05) is 44.2 Å². The first-order valence-corrected chi connectivity index (χ1v) is 8.94. The van der Waals surface area contributed by atoms with Gasteiger partial charge in [0.15, 0.2) is 0 Å². The SMILES string of the molecule is CC1(C)CN(C(=O)C2CCCN(C(=O)Nc3ccccc3)C2)CC1O. The van der Waals surface area contributed by atoms with E-state index in [0.717, 1.165) is 18.5 Å². The fourth-order valence-corrected chi connectivity index (χ4v) is 3.63. The monoisotopic (exact) mass is 345 g/mol. The van der Waals surface area contributed by atoms with E-state index >= 15 is 0 Å². The number of urea groups is 1. The standard InChI is InChI=1S/C19H27N3O3/c1-19(2)13-22(12-16(19)23)17(24)14-7-6-10-21(11-14)18(25)20-15-8-4-3-5-9-15/h3-5,8-9,14,16,23H,6-7,10-13H2,1-2H3,(H,20,25). The lowest BCUT2D eigenvalue weighted by atomic mass is 9.90. The van der Waals surface area contributed by atoms with Crippen LogP contribution in [0.25, 0.3) is 0 Å². The Hall–Kier alpha value is -2.08. The summed E-state index contributed by atoms with van der Waals surface area (Å²) >= 11 is 0. The Bertz CT molecular complexity index is 632. The Labute approximate surface area is 148 Å². The molecule has 2 atom stereocenters. The van der Waals surface area contributed by atoms with Gasteiger partial charge in [-0.1, -0.05) is 32.0 Å². The second-order valence-corrected chi connectivity index (χ2v) is 7.80. The molecule has 0 radical (unpaired) electrons. The largest absolute Gasteiger partial charge is 0.391 e. The van der Waals surface area contributed by atoms with E-state index in [1.165, 1.54) is 0 Å². The van der Waals surface area contributed by atoms with E-state index in [2.05, 4.69) is 5.32 Å². The highest BCUT2D eigenvalue weighted by molar-refractivity contribution is 5.90. The predicted octanol–water partition coefficient (Wildman–Crippen LogP) is 2.16. The number of piperidine rings is 1. The molecule has 2 fully saturated rings. The van der Waals surface area contributed by atoms with E-state index in [-0.39, 0.29) is 23.3 Å². The molecule has 2 N–H and O–H groups in total. The fraction of sp³-hybridized carbons (Fsp3) is 0.579. The van der Waals surface area contributed by atoms with Crippen LogP contribution in [0.5, 0.6) is 0 Å². The first kappa shape index (κ1) is 17.7. The number of hydrogen-bond donors (Lipinski definition) is 2. The van der Waals surface area contributed by atoms with Gasteiger partial charge in [0.25, 0.3) is 0 Å². The maximum atomic E-state index is 12.8. The van der Waals surface area contributed by atoms with Crippen molar-refractivity contribution in [3.8, 4) is 0 Å². The molecule has 1 aromatic rings. The molecule has 3 amide bonds. The highest BCUT2D eigenvalue weighted by atomic mass is 16.3. The zero-order valence-electron chi connectivity index (χ0n) is 14.9. The topological polar surface area (TPSA) is 72.9 Å². The summed E-state index contributed by atoms with van der Waals surface area (Å²) in [7, 11) is 0. The van der Waals surface area contributed by atoms with Gasteiger partial charge in [-0.25, -0.2) is 4.79 Å². The lowest BCUT2D eigenvalue weighted by Gasteiger charge is -2.34. The molecule has 2 aliphatic heterocycles. The van der Waals surface area contributed by atoms with Crippen LogP contribution in [0, 0.1) is 11.3 Å². The summed E-state index contributed by atoms with van der Waals surface area (Å²) in [6.07, 6.45) is 1.12. The maximum Gasteiger partial charge on any atom is 0.321 e. The van der Waals surface area contributed by atoms with E-state index < -0.39 is 6.10 Å². The number of aliphatic hydroxyl groups excluding tert-OH is 1. The highest BCUT2D eigenvalue weighted by Crippen LogP contribution is 2.31. The fourth-order valence-electron chi connectivity index (χ4n) is 3.63. The van der Waals surface area contributed by atoms with Crippen LogP contribution < -0.4 is 5.32 Å². The summed E-state index contributed by atoms with van der Waals surface area (Å²) < 4.78 is 0. The molecule has 0 aliphatic carbocycles. The van der Waals surface area contributed by atoms with Crippen molar-refractivity contribution in [2.45, 2.75) is 32.8 Å². The molecule has 25 heavy (non-hydrogen) atoms. The van der Waals surface area contributed by atoms with Crippen LogP contribution >= 0.6 is 0 Å². The third-order valence-electron chi connectivity index (χ3n) is 5.29. The average Bonchev–Trinajstić information content (AvgIpc) is 2.88. The number of benzene rings is 1. The number of aliphatic hydroxyl groups is 1. The normalized spacial score (nSPS) is 25.7. The molecule has 0 spiro atoms. The molecule has 2 heterocycles. The average molecular weight is 345 g/mol. The number of nitrogens with one attached hydrogen (secondary N) is 1. The number of carbonyl (C=O) groups is 2. The van der Waals surface area contributed by atoms with Crippen LogP contribution in [0.3, 0.4) is 0 Å². The smallest absolute Gasteiger partial charge is 0.321 e. The predicted molar refractivity (Wildman–Crippen MR) is 96.1 cm³/mol. The first-order chi connectivity index (χ1) is 11.9. The zero-order valence-corrected chi connectivity index (χ0v) is 14.9. The minimum absolute atomic E-state index is 0.0573. The Morgan fingerprint density at radius 3 is 2.52 bits per heavy atom. The van der Waals surface area contributed by atoms with Gasteiger partial charge in [-0.15, -0.1) is 0 Å². The van der Waals surface area contributed by atoms with Crippen LogP contribution in [0.2, 0.25) is 0 Å². The number of nitrogens with zero attached hydrogens (tertiary/aromatic N) is 2. The molecule has 1 aromatic carbocycles. The zero-order chi connectivity index (χ0) is 18.0. The van der Waals surface area contributed by atoms with E-state index in [1.54, 1.807) is 9.80 Å². The van der Waals surface area contributed by atoms with Gasteiger partial charge >= 0.3 is 6.03 Å². The Morgan fingerprint density at radius 1 is 1.16 bits per heavy atom. The van der Waals surface area contributed by atoms with Crippen LogP contribution in [0.1, 0.15) is 26.7 Å². The summed E-state index contributed by atoms with van der Waals surface area (Å²) in [5.74, 6) is -0.127. The molecule has 0 aromatic heterocycles. The summed E-state index contributed by atoms with van der Waals surface area (Å²) in [5.41, 5.74) is 0.486. The Morgan fingerprint density at radius 2 is 1.88 bits per heavy atom. The molecule has 2 aliphatic rings. The number of β-amino-alcohol motifs (C(OH)–C–C–N with tert-alkyl or cyclic N) is 1. The number of amides is 3. The van der Waals surface area contributed by atoms with Gasteiger partial charge in [0.2, 0.25) is 5.91 Å². The molecule has 2 unspecified atom stereocenters. The van der Waals surface area contributed by atoms with Crippen molar-refractivity contribution in [1.29, 1.82) is 0 Å². The van der Waals surface area contributed by atoms with Crippen LogP contribution in [0.4, 0.5) is 10.5 Å². The van der Waals surface area contributed by atoms with Gasteiger partial charge in [-0.3, -0.25) is 4.79 Å². The van der Waals surface area contributed by atoms with Crippen molar-refractivity contribution < 1.29 is 14.7 Å². The molecule has 2 saturated heterocycles. The molecular weight excluding hydrogens is 318 g/mol. The second-order valence-electron chi connectivity index (χ2n) is 7.80. The highest BCUT2D eigenvalue weighted by Gasteiger charge is 2.42. The van der Waals surface area contributed by atoms with Crippen molar-refractivity contribution in [2.75, 3.05) is 31.5 Å². The van der Waals surface area contributed by atoms with Gasteiger partial charge in [0.05, 0.1) is 12.0 Å². The summed E-state index contributed by atoms with van der Waals surface area (Å²) in [6, 6.07) is 9.18. The van der Waals surface area contributed by atoms with Gasteiger partial charge < -0.3 is 20.2 Å². The van der Waals surface area contributed by atoms with E-state index in [4.69, 9.17) is 0 Å². The van der Waals surface area contributed by atoms with Gasteiger partial charge in [0.1, 0.15) is 0 Å². The van der Waals surface area contributed by atoms with Crippen molar-refractivity contribution in [1.82, 2.24) is 9.80 Å². The molecule has 6 heteroatoms. The summed E-state index contributed by atoms with van der Waals surface area (Å²) in [6.45, 7) is 6.01. The molecule has 6 nitrogen and oxygen atoms in total. The Kier molecular flexibility index (Phi) is 4.99. The third-order valence-corrected chi connectivity index (χ3v) is 5.29. The molecule has 136 valence electrons. The van der Waals surface area contributed by atoms with Gasteiger partial charge in [-0.05, 0) is 25.0 Å². The number of anilines is 1. The maximum absolute atomic E-state index is 12.8. The van der Waals surface area contributed by atoms with Crippen molar-refractivity contribution >= 4 is 17.6 Å². The van der Waals surface area contributed by atoms with Crippen molar-refractivity contribution in [3.05, 3.63) is 30.3 Å². The van der Waals surface area contributed by atoms with Crippen LogP contribution in [-0.4, -0.2) is 59.1 Å². The third kappa shape index (κ3) is 3.95. The number of hydrogen-bond acceptors (Lipinski definition) is 3. The molecular formula is C19H27N3O3. The number of para-hydroxylation sites is 1. The van der Waals surface area contributed by atoms with Crippen molar-refractivity contribution in [2.24, 2.45) is 11.3 Å². The van der Waals surface area contributed by atoms with Gasteiger partial charge in [0, 0.05) is 37.3 Å². The van der Waals surface area contributed by atoms with E-state index in [9.17, 15) is 14.7 Å². The van der Waals surface area contributed by atoms with Crippen molar-refractivity contribution in [3.63, 3.8) is 0 Å². The van der Waals surface area contributed by atoms with Crippen LogP contribution in [0.15, 0.2) is 30.3 Å². The summed E-state index contributed by atoms with van der Waals surface area (Å²) in [4.78, 5) is 28.8. The lowest BCUT2D eigenvalue weighted by Crippen LogP contribution is -2.47. The number of rotatable bonds is 2. The second kappa shape index (κ2) is 7.04. The molecule has 3 rings (SSSR count). The number of carbonyl (C=O) groups excluding carboxylic acids is 2. The summed E-state index contributed by atoms with van der Waals surface area (Å²) in [5, 5.41) is 13.0. The van der Waals surface area contributed by atoms with E-state index in [0.29, 0.717) is 26.2 Å². The van der Waals surface area contributed by atoms with Gasteiger partial charge in [-0.2, -0.15) is 0 Å². The Balaban J connectivity index is 1.59. The number of likely N-dealkylation sites (tertiary alicyclic amines) is 2. The minimum atomic E-state index is -0.488. The van der Waals surface area contributed by atoms with Crippen LogP contribution in [-0.2, 0) is 4.79 Å².